The van der Waals surface area contributed by atoms with Crippen molar-refractivity contribution in [3.63, 3.8) is 0 Å². The Kier molecular flexibility index (Phi) is 3.81. The highest BCUT2D eigenvalue weighted by Crippen LogP contribution is 2.26. The zero-order valence-electron chi connectivity index (χ0n) is 11.0. The zero-order chi connectivity index (χ0) is 13.9. The van der Waals surface area contributed by atoms with E-state index in [-0.39, 0.29) is 18.2 Å². The third-order valence-corrected chi connectivity index (χ3v) is 3.29. The van der Waals surface area contributed by atoms with E-state index >= 15 is 0 Å². The summed E-state index contributed by atoms with van der Waals surface area (Å²) in [5.74, 6) is 0.403. The first-order chi connectivity index (χ1) is 9.06. The minimum absolute atomic E-state index is 0.101. The molecule has 0 spiro atoms. The summed E-state index contributed by atoms with van der Waals surface area (Å²) in [6.07, 6.45) is 2.64. The molecule has 1 aliphatic carbocycles. The molecule has 0 unspecified atom stereocenters. The second kappa shape index (κ2) is 5.36. The molecule has 1 aromatic rings. The molecule has 0 heterocycles. The van der Waals surface area contributed by atoms with Gasteiger partial charge < -0.3 is 9.47 Å². The highest BCUT2D eigenvalue weighted by atomic mass is 16.5. The fourth-order valence-electron chi connectivity index (χ4n) is 1.88. The molecule has 0 aliphatic heterocycles. The van der Waals surface area contributed by atoms with E-state index in [1.165, 1.54) is 12.2 Å². The Morgan fingerprint density at radius 2 is 1.63 bits per heavy atom. The smallest absolute Gasteiger partial charge is 0.171 e. The molecular weight excluding hydrogens is 244 g/mol. The Morgan fingerprint density at radius 1 is 1.05 bits per heavy atom. The fraction of sp³-hybridized carbons (Fsp3) is 0.333. The first kappa shape index (κ1) is 13.5. The van der Waals surface area contributed by atoms with E-state index in [1.54, 1.807) is 14.0 Å². The van der Waals surface area contributed by atoms with Crippen LogP contribution in [0, 0.1) is 5.41 Å². The molecule has 0 radical (unpaired) electrons. The molecule has 0 bridgehead atoms. The van der Waals surface area contributed by atoms with Gasteiger partial charge in [0.25, 0.3) is 0 Å². The van der Waals surface area contributed by atoms with Crippen LogP contribution in [0.1, 0.15) is 12.5 Å². The lowest BCUT2D eigenvalue weighted by molar-refractivity contribution is -0.136. The second-order valence-electron chi connectivity index (χ2n) is 4.73. The highest BCUT2D eigenvalue weighted by molar-refractivity contribution is 6.22. The Bertz CT molecular complexity index is 495. The molecule has 0 atom stereocenters. The molecule has 0 N–H and O–H groups in total. The van der Waals surface area contributed by atoms with E-state index in [9.17, 15) is 9.59 Å². The Labute approximate surface area is 112 Å². The number of methoxy groups -OCH3 is 1. The number of hydrogen-bond acceptors (Lipinski definition) is 4. The zero-order valence-corrected chi connectivity index (χ0v) is 11.0. The van der Waals surface area contributed by atoms with Crippen LogP contribution in [0.5, 0.6) is 5.75 Å². The average Bonchev–Trinajstić information content (AvgIpc) is 2.68. The Hall–Kier alpha value is -1.94. The minimum Gasteiger partial charge on any atom is -0.497 e. The highest BCUT2D eigenvalue weighted by Gasteiger charge is 2.42. The predicted molar refractivity (Wildman–Crippen MR) is 69.9 cm³/mol. The Balaban J connectivity index is 1.89. The van der Waals surface area contributed by atoms with Gasteiger partial charge in [-0.2, -0.15) is 0 Å². The van der Waals surface area contributed by atoms with Crippen LogP contribution in [0.3, 0.4) is 0 Å². The van der Waals surface area contributed by atoms with Crippen LogP contribution >= 0.6 is 0 Å². The summed E-state index contributed by atoms with van der Waals surface area (Å²) in [6.45, 7) is 2.08. The van der Waals surface area contributed by atoms with Crippen molar-refractivity contribution < 1.29 is 19.1 Å². The van der Waals surface area contributed by atoms with Gasteiger partial charge in [-0.1, -0.05) is 12.1 Å². The van der Waals surface area contributed by atoms with Gasteiger partial charge in [-0.25, -0.2) is 0 Å². The summed E-state index contributed by atoms with van der Waals surface area (Å²) in [7, 11) is 1.61. The number of ketones is 2. The number of hydrogen-bond donors (Lipinski definition) is 0. The second-order valence-corrected chi connectivity index (χ2v) is 4.73. The minimum atomic E-state index is -1.05. The third-order valence-electron chi connectivity index (χ3n) is 3.29. The van der Waals surface area contributed by atoms with Gasteiger partial charge in [-0.15, -0.1) is 0 Å². The first-order valence-electron chi connectivity index (χ1n) is 6.04. The van der Waals surface area contributed by atoms with Crippen LogP contribution < -0.4 is 4.74 Å². The average molecular weight is 260 g/mol. The number of ether oxygens (including phenoxy) is 2. The molecule has 2 rings (SSSR count). The first-order valence-corrected chi connectivity index (χ1v) is 6.04. The van der Waals surface area contributed by atoms with Crippen LogP contribution in [-0.2, 0) is 20.9 Å². The summed E-state index contributed by atoms with van der Waals surface area (Å²) >= 11 is 0. The maximum absolute atomic E-state index is 11.6. The largest absolute Gasteiger partial charge is 0.497 e. The monoisotopic (exact) mass is 260 g/mol. The van der Waals surface area contributed by atoms with Crippen LogP contribution in [-0.4, -0.2) is 25.3 Å². The molecule has 4 heteroatoms. The van der Waals surface area contributed by atoms with Crippen LogP contribution in [0.4, 0.5) is 0 Å². The third kappa shape index (κ3) is 2.74. The number of allylic oxidation sites excluding steroid dienone is 2. The quantitative estimate of drug-likeness (QED) is 0.759. The van der Waals surface area contributed by atoms with E-state index in [2.05, 4.69) is 0 Å². The van der Waals surface area contributed by atoms with Crippen molar-refractivity contribution >= 4 is 11.6 Å². The number of benzene rings is 1. The molecule has 4 nitrogen and oxygen atoms in total. The van der Waals surface area contributed by atoms with E-state index in [0.717, 1.165) is 11.3 Å². The van der Waals surface area contributed by atoms with E-state index in [4.69, 9.17) is 9.47 Å². The normalized spacial score (nSPS) is 16.9. The van der Waals surface area contributed by atoms with Crippen molar-refractivity contribution in [3.05, 3.63) is 42.0 Å². The van der Waals surface area contributed by atoms with Gasteiger partial charge >= 0.3 is 0 Å². The molecule has 1 aromatic carbocycles. The molecule has 1 aliphatic rings. The number of carbonyl (C=O) groups excluding carboxylic acids is 2. The molecule has 0 amide bonds. The van der Waals surface area contributed by atoms with Crippen molar-refractivity contribution in [3.8, 4) is 5.75 Å². The maximum Gasteiger partial charge on any atom is 0.171 e. The van der Waals surface area contributed by atoms with Crippen molar-refractivity contribution in [1.29, 1.82) is 0 Å². The van der Waals surface area contributed by atoms with E-state index in [0.29, 0.717) is 6.61 Å². The lowest BCUT2D eigenvalue weighted by Crippen LogP contribution is -2.35. The molecule has 19 heavy (non-hydrogen) atoms. The van der Waals surface area contributed by atoms with E-state index in [1.807, 2.05) is 24.3 Å². The van der Waals surface area contributed by atoms with Gasteiger partial charge in [-0.05, 0) is 36.8 Å². The SMILES string of the molecule is COc1ccc(COCC2(C)C(=O)C=CC2=O)cc1. The van der Waals surface area contributed by atoms with Gasteiger partial charge in [0.2, 0.25) is 0 Å². The molecule has 0 fully saturated rings. The lowest BCUT2D eigenvalue weighted by Gasteiger charge is -2.20. The van der Waals surface area contributed by atoms with Gasteiger partial charge in [0.15, 0.2) is 11.6 Å². The van der Waals surface area contributed by atoms with Gasteiger partial charge in [0, 0.05) is 0 Å². The molecule has 0 aromatic heterocycles. The van der Waals surface area contributed by atoms with Crippen molar-refractivity contribution in [2.75, 3.05) is 13.7 Å². The van der Waals surface area contributed by atoms with E-state index < -0.39 is 5.41 Å². The fourth-order valence-corrected chi connectivity index (χ4v) is 1.88. The predicted octanol–water partition coefficient (Wildman–Crippen LogP) is 1.93. The van der Waals surface area contributed by atoms with Gasteiger partial charge in [0.05, 0.1) is 20.3 Å². The summed E-state index contributed by atoms with van der Waals surface area (Å²) in [4.78, 5) is 23.3. The summed E-state index contributed by atoms with van der Waals surface area (Å²) in [6, 6.07) is 7.46. The number of carbonyl (C=O) groups is 2. The summed E-state index contributed by atoms with van der Waals surface area (Å²) < 4.78 is 10.6. The lowest BCUT2D eigenvalue weighted by atomic mass is 9.87. The van der Waals surface area contributed by atoms with Crippen molar-refractivity contribution in [2.45, 2.75) is 13.5 Å². The molecule has 100 valence electrons. The van der Waals surface area contributed by atoms with Crippen molar-refractivity contribution in [1.82, 2.24) is 0 Å². The van der Waals surface area contributed by atoms with Crippen LogP contribution in [0.2, 0.25) is 0 Å². The number of rotatable bonds is 5. The van der Waals surface area contributed by atoms with Gasteiger partial charge in [0.1, 0.15) is 11.2 Å². The van der Waals surface area contributed by atoms with Crippen LogP contribution in [0.15, 0.2) is 36.4 Å². The topological polar surface area (TPSA) is 52.6 Å². The van der Waals surface area contributed by atoms with Crippen molar-refractivity contribution in [2.24, 2.45) is 5.41 Å². The van der Waals surface area contributed by atoms with Crippen LogP contribution in [0.25, 0.3) is 0 Å². The molecular formula is C15H16O4. The summed E-state index contributed by atoms with van der Waals surface area (Å²) in [5.41, 5.74) is -0.0813. The standard InChI is InChI=1S/C15H16O4/c1-15(13(16)7-8-14(15)17)10-19-9-11-3-5-12(18-2)6-4-11/h3-8H,9-10H2,1-2H3. The summed E-state index contributed by atoms with van der Waals surface area (Å²) in [5, 5.41) is 0. The molecule has 0 saturated heterocycles. The van der Waals surface area contributed by atoms with Gasteiger partial charge in [-0.3, -0.25) is 9.59 Å². The molecule has 0 saturated carbocycles. The Morgan fingerprint density at radius 3 is 2.16 bits per heavy atom. The maximum atomic E-state index is 11.6.